The quantitative estimate of drug-likeness (QED) is 0.0950. The largest absolute Gasteiger partial charge is 0.494 e. The van der Waals surface area contributed by atoms with E-state index in [1.165, 1.54) is 12.3 Å². The molecule has 1 aliphatic rings. The van der Waals surface area contributed by atoms with Crippen LogP contribution in [0.4, 0.5) is 22.7 Å². The number of hydrazine groups is 1. The molecule has 11 nitrogen and oxygen atoms in total. The minimum atomic E-state index is -0.331. The van der Waals surface area contributed by atoms with Crippen LogP contribution in [0, 0.1) is 10.8 Å². The summed E-state index contributed by atoms with van der Waals surface area (Å²) in [7, 11) is 7.49. The lowest BCUT2D eigenvalue weighted by atomic mass is 10.0. The number of allylic oxidation sites excluding steroid dienone is 1. The Morgan fingerprint density at radius 3 is 2.62 bits per heavy atom. The molecule has 0 aliphatic carbocycles. The molecule has 1 aliphatic heterocycles. The third kappa shape index (κ3) is 7.15. The molecule has 2 aromatic rings. The van der Waals surface area contributed by atoms with Gasteiger partial charge in [0.05, 0.1) is 29.9 Å². The molecule has 0 aromatic heterocycles. The number of nitrogens with two attached hydrogens (primary N) is 1. The second-order valence-electron chi connectivity index (χ2n) is 9.37. The van der Waals surface area contributed by atoms with Gasteiger partial charge < -0.3 is 46.7 Å². The van der Waals surface area contributed by atoms with Crippen LogP contribution < -0.4 is 36.9 Å². The molecule has 1 fully saturated rings. The molecule has 8 N–H and O–H groups in total. The summed E-state index contributed by atoms with van der Waals surface area (Å²) in [6.07, 6.45) is 6.14. The number of amides is 1. The summed E-state index contributed by atoms with van der Waals surface area (Å²) in [5, 5.41) is 25.4. The lowest BCUT2D eigenvalue weighted by Gasteiger charge is -2.38. The van der Waals surface area contributed by atoms with Crippen molar-refractivity contribution in [3.8, 4) is 5.75 Å². The van der Waals surface area contributed by atoms with Crippen LogP contribution in [0.5, 0.6) is 5.75 Å². The van der Waals surface area contributed by atoms with Crippen molar-refractivity contribution in [2.24, 2.45) is 5.84 Å². The topological polar surface area (TPSA) is 155 Å². The molecule has 0 saturated carbocycles. The van der Waals surface area contributed by atoms with E-state index in [-0.39, 0.29) is 17.7 Å². The SMILES string of the molecule is C=CC(=O)Nc1cc(N/C(=C/C(=N)c2ccc(NC)c(C=N)c2)NN)c(OC)cc1N(C)C1CCCN(C)C1. The number of hydrogen-bond acceptors (Lipinski definition) is 10. The molecule has 208 valence electrons. The number of methoxy groups -OCH3 is 1. The molecule has 1 atom stereocenters. The Morgan fingerprint density at radius 2 is 2.00 bits per heavy atom. The highest BCUT2D eigenvalue weighted by Crippen LogP contribution is 2.38. The van der Waals surface area contributed by atoms with Gasteiger partial charge in [0.2, 0.25) is 5.91 Å². The third-order valence-electron chi connectivity index (χ3n) is 6.79. The van der Waals surface area contributed by atoms with Gasteiger partial charge in [0.15, 0.2) is 0 Å². The monoisotopic (exact) mass is 533 g/mol. The number of nitrogens with one attached hydrogen (secondary N) is 6. The summed E-state index contributed by atoms with van der Waals surface area (Å²) in [6, 6.07) is 9.29. The first-order valence-electron chi connectivity index (χ1n) is 12.7. The number of hydrogen-bond donors (Lipinski definition) is 7. The smallest absolute Gasteiger partial charge is 0.247 e. The average molecular weight is 534 g/mol. The van der Waals surface area contributed by atoms with Crippen LogP contribution in [-0.2, 0) is 4.79 Å². The molecule has 1 saturated heterocycles. The summed E-state index contributed by atoms with van der Waals surface area (Å²) in [5.41, 5.74) is 6.79. The van der Waals surface area contributed by atoms with Crippen molar-refractivity contribution in [1.29, 1.82) is 10.8 Å². The van der Waals surface area contributed by atoms with Gasteiger partial charge in [-0.15, -0.1) is 0 Å². The second-order valence-corrected chi connectivity index (χ2v) is 9.37. The minimum Gasteiger partial charge on any atom is -0.494 e. The fourth-order valence-corrected chi connectivity index (χ4v) is 4.63. The Labute approximate surface area is 230 Å². The van der Waals surface area contributed by atoms with Crippen molar-refractivity contribution in [1.82, 2.24) is 10.3 Å². The van der Waals surface area contributed by atoms with E-state index in [1.807, 2.05) is 19.2 Å². The number of piperidine rings is 1. The molecule has 0 radical (unpaired) electrons. The highest BCUT2D eigenvalue weighted by Gasteiger charge is 2.25. The number of benzene rings is 2. The molecule has 0 bridgehead atoms. The average Bonchev–Trinajstić information content (AvgIpc) is 2.95. The maximum absolute atomic E-state index is 12.3. The second kappa shape index (κ2) is 13.4. The molecule has 39 heavy (non-hydrogen) atoms. The van der Waals surface area contributed by atoms with Gasteiger partial charge in [-0.2, -0.15) is 0 Å². The highest BCUT2D eigenvalue weighted by molar-refractivity contribution is 6.08. The fourth-order valence-electron chi connectivity index (χ4n) is 4.63. The third-order valence-corrected chi connectivity index (χ3v) is 6.79. The van der Waals surface area contributed by atoms with Crippen LogP contribution in [0.3, 0.4) is 0 Å². The summed E-state index contributed by atoms with van der Waals surface area (Å²) in [4.78, 5) is 16.8. The van der Waals surface area contributed by atoms with Crippen molar-refractivity contribution in [2.75, 3.05) is 62.2 Å². The van der Waals surface area contributed by atoms with E-state index < -0.39 is 0 Å². The molecule has 1 unspecified atom stereocenters. The van der Waals surface area contributed by atoms with Crippen molar-refractivity contribution < 1.29 is 9.53 Å². The fraction of sp³-hybridized carbons (Fsp3) is 0.321. The van der Waals surface area contributed by atoms with Gasteiger partial charge in [-0.25, -0.2) is 5.84 Å². The molecule has 0 spiro atoms. The summed E-state index contributed by atoms with van der Waals surface area (Å²) >= 11 is 0. The van der Waals surface area contributed by atoms with Crippen molar-refractivity contribution in [3.63, 3.8) is 0 Å². The van der Waals surface area contributed by atoms with Crippen molar-refractivity contribution >= 4 is 40.6 Å². The van der Waals surface area contributed by atoms with E-state index in [0.717, 1.165) is 37.3 Å². The van der Waals surface area contributed by atoms with Gasteiger partial charge in [0.25, 0.3) is 0 Å². The predicted molar refractivity (Wildman–Crippen MR) is 160 cm³/mol. The van der Waals surface area contributed by atoms with E-state index in [0.29, 0.717) is 34.1 Å². The molecule has 11 heteroatoms. The van der Waals surface area contributed by atoms with Crippen LogP contribution in [-0.4, -0.2) is 70.1 Å². The first-order chi connectivity index (χ1) is 18.7. The molecule has 2 aromatic carbocycles. The Balaban J connectivity index is 1.97. The van der Waals surface area contributed by atoms with Crippen molar-refractivity contribution in [2.45, 2.75) is 18.9 Å². The molecule has 1 amide bonds. The normalized spacial score (nSPS) is 15.6. The molecule has 3 rings (SSSR count). The molecule has 1 heterocycles. The number of ether oxygens (including phenoxy) is 1. The maximum Gasteiger partial charge on any atom is 0.247 e. The number of likely N-dealkylation sites (tertiary alicyclic amines) is 1. The van der Waals surface area contributed by atoms with Gasteiger partial charge >= 0.3 is 0 Å². The van der Waals surface area contributed by atoms with E-state index in [2.05, 4.69) is 44.8 Å². The lowest BCUT2D eigenvalue weighted by molar-refractivity contribution is -0.111. The Bertz CT molecular complexity index is 1260. The zero-order valence-electron chi connectivity index (χ0n) is 23.0. The number of carbonyl (C=O) groups is 1. The zero-order chi connectivity index (χ0) is 28.5. The number of rotatable bonds is 12. The van der Waals surface area contributed by atoms with Crippen molar-refractivity contribution in [3.05, 3.63) is 66.0 Å². The number of carbonyl (C=O) groups excluding carboxylic acids is 1. The van der Waals surface area contributed by atoms with Gasteiger partial charge in [-0.3, -0.25) is 4.79 Å². The maximum atomic E-state index is 12.3. The number of likely N-dealkylation sites (N-methyl/N-ethyl adjacent to an activating group) is 2. The first-order valence-corrected chi connectivity index (χ1v) is 12.7. The van der Waals surface area contributed by atoms with Gasteiger partial charge in [0, 0.05) is 61.9 Å². The van der Waals surface area contributed by atoms with E-state index >= 15 is 0 Å². The Kier molecular flexibility index (Phi) is 10.1. The van der Waals surface area contributed by atoms with Gasteiger partial charge in [0.1, 0.15) is 11.6 Å². The summed E-state index contributed by atoms with van der Waals surface area (Å²) in [6.45, 7) is 5.56. The summed E-state index contributed by atoms with van der Waals surface area (Å²) in [5.74, 6) is 6.35. The zero-order valence-corrected chi connectivity index (χ0v) is 23.0. The standard InChI is InChI=1S/C28H39N9O2/c1-6-28(38)34-23-14-24(26(39-5)15-25(23)37(4)20-8-7-11-36(3)17-20)33-27(35-31)13-21(30)18-9-10-22(32-2)19(12-18)16-29/h6,9-10,12-16,20,29-30,32-33,35H,1,7-8,11,17,31H2,2-5H3,(H,34,38)/b27-13-,29-16?,30-21?. The van der Waals surface area contributed by atoms with E-state index in [9.17, 15) is 4.79 Å². The minimum absolute atomic E-state index is 0.179. The molecular weight excluding hydrogens is 494 g/mol. The van der Waals surface area contributed by atoms with Crippen LogP contribution in [0.25, 0.3) is 0 Å². The lowest BCUT2D eigenvalue weighted by Crippen LogP contribution is -2.45. The predicted octanol–water partition coefficient (Wildman–Crippen LogP) is 3.17. The van der Waals surface area contributed by atoms with Crippen LogP contribution in [0.1, 0.15) is 24.0 Å². The van der Waals surface area contributed by atoms with Crippen LogP contribution in [0.2, 0.25) is 0 Å². The number of anilines is 4. The summed E-state index contributed by atoms with van der Waals surface area (Å²) < 4.78 is 5.71. The Hall–Kier alpha value is -4.35. The highest BCUT2D eigenvalue weighted by atomic mass is 16.5. The van der Waals surface area contributed by atoms with E-state index in [4.69, 9.17) is 21.4 Å². The van der Waals surface area contributed by atoms with Gasteiger partial charge in [-0.1, -0.05) is 12.6 Å². The number of nitrogens with zero attached hydrogens (tertiary/aromatic N) is 2. The van der Waals surface area contributed by atoms with E-state index in [1.54, 1.807) is 38.4 Å². The van der Waals surface area contributed by atoms with Gasteiger partial charge in [-0.05, 0) is 50.7 Å². The first kappa shape index (κ1) is 29.2. The van der Waals surface area contributed by atoms with Crippen LogP contribution >= 0.6 is 0 Å². The Morgan fingerprint density at radius 1 is 1.23 bits per heavy atom. The van der Waals surface area contributed by atoms with Crippen LogP contribution in [0.15, 0.2) is 54.9 Å². The molecular formula is C28H39N9O2.